The van der Waals surface area contributed by atoms with Crippen LogP contribution in [0, 0.1) is 6.92 Å². The molecule has 21 heavy (non-hydrogen) atoms. The van der Waals surface area contributed by atoms with Crippen LogP contribution < -0.4 is 5.32 Å². The van der Waals surface area contributed by atoms with E-state index in [0.717, 1.165) is 42.9 Å². The fourth-order valence-corrected chi connectivity index (χ4v) is 4.21. The molecule has 1 N–H and O–H groups in total. The molecule has 0 amide bonds. The third-order valence-corrected chi connectivity index (χ3v) is 5.55. The topological polar surface area (TPSA) is 64.1 Å². The first-order chi connectivity index (χ1) is 10.1. The summed E-state index contributed by atoms with van der Waals surface area (Å²) in [5.41, 5.74) is 0.934. The Bertz CT molecular complexity index is 496. The molecule has 1 fully saturated rings. The van der Waals surface area contributed by atoms with Gasteiger partial charge in [0.05, 0.1) is 0 Å². The summed E-state index contributed by atoms with van der Waals surface area (Å²) in [7, 11) is 0.947. The third kappa shape index (κ3) is 4.74. The lowest BCUT2D eigenvalue weighted by Gasteiger charge is -2.29. The van der Waals surface area contributed by atoms with Gasteiger partial charge in [0.15, 0.2) is 5.82 Å². The van der Waals surface area contributed by atoms with E-state index in [9.17, 15) is 4.21 Å². The molecule has 0 bridgehead atoms. The van der Waals surface area contributed by atoms with Gasteiger partial charge >= 0.3 is 0 Å². The van der Waals surface area contributed by atoms with Crippen molar-refractivity contribution >= 4 is 16.6 Å². The molecule has 1 saturated carbocycles. The van der Waals surface area contributed by atoms with Crippen molar-refractivity contribution in [1.82, 2.24) is 9.97 Å². The van der Waals surface area contributed by atoms with Crippen molar-refractivity contribution in [3.63, 3.8) is 0 Å². The van der Waals surface area contributed by atoms with E-state index in [0.29, 0.717) is 23.7 Å². The molecule has 2 rings (SSSR count). The second kappa shape index (κ2) is 7.84. The van der Waals surface area contributed by atoms with Crippen LogP contribution in [0.4, 0.5) is 5.82 Å². The number of methoxy groups -OCH3 is 1. The van der Waals surface area contributed by atoms with Crippen molar-refractivity contribution in [1.29, 1.82) is 0 Å². The summed E-state index contributed by atoms with van der Waals surface area (Å²) in [5.74, 6) is 2.30. The number of anilines is 1. The number of aryl methyl sites for hydroxylation is 1. The maximum absolute atomic E-state index is 12.0. The van der Waals surface area contributed by atoms with Gasteiger partial charge in [0, 0.05) is 46.7 Å². The van der Waals surface area contributed by atoms with Crippen molar-refractivity contribution in [2.75, 3.05) is 18.2 Å². The van der Waals surface area contributed by atoms with E-state index in [2.05, 4.69) is 15.3 Å². The molecule has 3 atom stereocenters. The van der Waals surface area contributed by atoms with Gasteiger partial charge in [0.2, 0.25) is 0 Å². The van der Waals surface area contributed by atoms with E-state index in [1.54, 1.807) is 7.11 Å². The fraction of sp³-hybridized carbons (Fsp3) is 0.733. The van der Waals surface area contributed by atoms with Crippen molar-refractivity contribution in [3.8, 4) is 0 Å². The van der Waals surface area contributed by atoms with Crippen LogP contribution in [0.2, 0.25) is 0 Å². The minimum Gasteiger partial charge on any atom is -0.377 e. The van der Waals surface area contributed by atoms with E-state index in [4.69, 9.17) is 4.74 Å². The number of hydrogen-bond acceptors (Lipinski definition) is 5. The normalized spacial score (nSPS) is 23.8. The number of hydrogen-bond donors (Lipinski definition) is 1. The first-order valence-electron chi connectivity index (χ1n) is 7.59. The summed E-state index contributed by atoms with van der Waals surface area (Å²) < 4.78 is 17.1. The second-order valence-corrected chi connectivity index (χ2v) is 7.55. The quantitative estimate of drug-likeness (QED) is 0.874. The van der Waals surface area contributed by atoms with Gasteiger partial charge in [-0.1, -0.05) is 13.3 Å². The molecule has 1 aromatic heterocycles. The Balaban J connectivity index is 2.02. The van der Waals surface area contributed by atoms with Crippen LogP contribution in [0.3, 0.4) is 0 Å². The predicted molar refractivity (Wildman–Crippen MR) is 85.8 cm³/mol. The molecule has 118 valence electrons. The van der Waals surface area contributed by atoms with E-state index < -0.39 is 10.8 Å². The molecule has 6 heteroatoms. The summed E-state index contributed by atoms with van der Waals surface area (Å²) in [4.78, 5) is 8.83. The van der Waals surface area contributed by atoms with Gasteiger partial charge in [-0.3, -0.25) is 4.21 Å². The van der Waals surface area contributed by atoms with Crippen molar-refractivity contribution < 1.29 is 8.95 Å². The van der Waals surface area contributed by atoms with Gasteiger partial charge in [-0.25, -0.2) is 9.97 Å². The van der Waals surface area contributed by atoms with Gasteiger partial charge in [0.25, 0.3) is 0 Å². The van der Waals surface area contributed by atoms with Crippen LogP contribution in [-0.2, 0) is 22.1 Å². The first kappa shape index (κ1) is 16.4. The fourth-order valence-electron chi connectivity index (χ4n) is 2.86. The van der Waals surface area contributed by atoms with Crippen LogP contribution in [0.5, 0.6) is 0 Å². The van der Waals surface area contributed by atoms with Crippen LogP contribution >= 0.6 is 0 Å². The highest BCUT2D eigenvalue weighted by molar-refractivity contribution is 7.85. The third-order valence-electron chi connectivity index (χ3n) is 3.81. The van der Waals surface area contributed by atoms with E-state index in [1.807, 2.05) is 19.9 Å². The molecule has 1 aromatic rings. The molecular weight excluding hydrogens is 286 g/mol. The number of aromatic nitrogens is 2. The summed E-state index contributed by atoms with van der Waals surface area (Å²) in [6, 6.07) is 2.31. The Labute approximate surface area is 129 Å². The Morgan fingerprint density at radius 3 is 2.95 bits per heavy atom. The summed E-state index contributed by atoms with van der Waals surface area (Å²) in [6.07, 6.45) is 4.28. The zero-order valence-electron chi connectivity index (χ0n) is 13.1. The van der Waals surface area contributed by atoms with Crippen LogP contribution in [0.15, 0.2) is 6.07 Å². The highest BCUT2D eigenvalue weighted by Crippen LogP contribution is 2.25. The summed E-state index contributed by atoms with van der Waals surface area (Å²) in [6.45, 7) is 4.38. The van der Waals surface area contributed by atoms with Crippen molar-refractivity contribution in [2.24, 2.45) is 0 Å². The van der Waals surface area contributed by atoms with Gasteiger partial charge in [-0.2, -0.15) is 0 Å². The first-order valence-corrected chi connectivity index (χ1v) is 8.97. The Kier molecular flexibility index (Phi) is 6.11. The minimum atomic E-state index is -0.697. The number of nitrogens with one attached hydrogen (secondary N) is 1. The number of ether oxygens (including phenoxy) is 1. The minimum absolute atomic E-state index is 0.322. The van der Waals surface area contributed by atoms with Crippen molar-refractivity contribution in [3.05, 3.63) is 17.6 Å². The van der Waals surface area contributed by atoms with Crippen molar-refractivity contribution in [2.45, 2.75) is 57.4 Å². The number of rotatable bonds is 6. The lowest BCUT2D eigenvalue weighted by Crippen LogP contribution is -2.33. The average molecular weight is 311 g/mol. The van der Waals surface area contributed by atoms with Gasteiger partial charge in [-0.15, -0.1) is 0 Å². The highest BCUT2D eigenvalue weighted by atomic mass is 32.2. The van der Waals surface area contributed by atoms with Crippen LogP contribution in [-0.4, -0.2) is 38.3 Å². The maximum Gasteiger partial charge on any atom is 0.156 e. The number of nitrogens with zero attached hydrogens (tertiary/aromatic N) is 2. The van der Waals surface area contributed by atoms with Crippen LogP contribution in [0.1, 0.15) is 44.1 Å². The lowest BCUT2D eigenvalue weighted by molar-refractivity contribution is 0.177. The molecule has 0 saturated heterocycles. The SMILES string of the molecule is CCS(=O)C1CCCC(Nc2cc(C)nc(COC)n2)C1. The molecule has 3 unspecified atom stereocenters. The summed E-state index contributed by atoms with van der Waals surface area (Å²) >= 11 is 0. The van der Waals surface area contributed by atoms with Gasteiger partial charge < -0.3 is 10.1 Å². The Morgan fingerprint density at radius 2 is 2.24 bits per heavy atom. The molecule has 1 aliphatic carbocycles. The molecular formula is C15H25N3O2S. The zero-order valence-corrected chi connectivity index (χ0v) is 13.9. The Morgan fingerprint density at radius 1 is 1.43 bits per heavy atom. The van der Waals surface area contributed by atoms with E-state index in [1.165, 1.54) is 0 Å². The molecule has 1 heterocycles. The second-order valence-electron chi connectivity index (χ2n) is 5.54. The molecule has 5 nitrogen and oxygen atoms in total. The largest absolute Gasteiger partial charge is 0.377 e. The molecule has 0 aromatic carbocycles. The van der Waals surface area contributed by atoms with Gasteiger partial charge in [0.1, 0.15) is 12.4 Å². The maximum atomic E-state index is 12.0. The Hall–Kier alpha value is -1.01. The zero-order chi connectivity index (χ0) is 15.2. The standard InChI is InChI=1S/C15H25N3O2S/c1-4-21(19)13-7-5-6-12(9-13)17-14-8-11(2)16-15(18-14)10-20-3/h8,12-13H,4-7,9-10H2,1-3H3,(H,16,17,18). The van der Waals surface area contributed by atoms with Crippen LogP contribution in [0.25, 0.3) is 0 Å². The summed E-state index contributed by atoms with van der Waals surface area (Å²) in [5, 5.41) is 3.81. The molecule has 1 aliphatic rings. The lowest BCUT2D eigenvalue weighted by atomic mass is 9.95. The van der Waals surface area contributed by atoms with Gasteiger partial charge in [-0.05, 0) is 26.2 Å². The van der Waals surface area contributed by atoms with E-state index in [-0.39, 0.29) is 0 Å². The molecule has 0 radical (unpaired) electrons. The molecule has 0 aliphatic heterocycles. The smallest absolute Gasteiger partial charge is 0.156 e. The monoisotopic (exact) mass is 311 g/mol. The molecule has 0 spiro atoms. The average Bonchev–Trinajstić information content (AvgIpc) is 2.46. The van der Waals surface area contributed by atoms with E-state index >= 15 is 0 Å². The highest BCUT2D eigenvalue weighted by Gasteiger charge is 2.25. The predicted octanol–water partition coefficient (Wildman–Crippen LogP) is 2.42.